The van der Waals surface area contributed by atoms with Crippen LogP contribution in [0.2, 0.25) is 0 Å². The molecule has 1 unspecified atom stereocenters. The van der Waals surface area contributed by atoms with E-state index >= 15 is 0 Å². The van der Waals surface area contributed by atoms with E-state index in [-0.39, 0.29) is 0 Å². The van der Waals surface area contributed by atoms with Gasteiger partial charge in [0.2, 0.25) is 11.8 Å². The van der Waals surface area contributed by atoms with Crippen LogP contribution >= 0.6 is 0 Å². The third kappa shape index (κ3) is 4.01. The molecule has 0 amide bonds. The molecule has 1 N–H and O–H groups in total. The van der Waals surface area contributed by atoms with Gasteiger partial charge < -0.3 is 14.3 Å². The Morgan fingerprint density at radius 2 is 2.33 bits per heavy atom. The van der Waals surface area contributed by atoms with Gasteiger partial charge in [-0.05, 0) is 32.2 Å². The molecule has 118 valence electrons. The largest absolute Gasteiger partial charge is 0.481 e. The topological polar surface area (TPSA) is 88.7 Å². The molecule has 0 spiro atoms. The van der Waals surface area contributed by atoms with E-state index in [0.717, 1.165) is 19.4 Å². The van der Waals surface area contributed by atoms with Crippen molar-refractivity contribution in [2.75, 3.05) is 26.8 Å². The number of ether oxygens (including phenoxy) is 1. The van der Waals surface area contributed by atoms with Crippen molar-refractivity contribution in [3.8, 4) is 0 Å². The summed E-state index contributed by atoms with van der Waals surface area (Å²) in [5, 5.41) is 17.4. The number of aromatic nitrogens is 2. The van der Waals surface area contributed by atoms with E-state index in [2.05, 4.69) is 15.1 Å². The van der Waals surface area contributed by atoms with Crippen LogP contribution < -0.4 is 0 Å². The molecule has 1 aliphatic rings. The monoisotopic (exact) mass is 297 g/mol. The molecular weight excluding hydrogens is 274 g/mol. The molecular formula is C14H23N3O4. The number of nitrogens with zero attached hydrogens (tertiary/aromatic N) is 3. The number of carbonyl (C=O) groups is 1. The van der Waals surface area contributed by atoms with Gasteiger partial charge in [-0.2, -0.15) is 0 Å². The molecule has 7 heteroatoms. The first-order chi connectivity index (χ1) is 10.1. The van der Waals surface area contributed by atoms with Gasteiger partial charge >= 0.3 is 5.97 Å². The van der Waals surface area contributed by atoms with E-state index < -0.39 is 11.4 Å². The Morgan fingerprint density at radius 3 is 2.95 bits per heavy atom. The van der Waals surface area contributed by atoms with Gasteiger partial charge in [0.15, 0.2) is 0 Å². The highest BCUT2D eigenvalue weighted by molar-refractivity contribution is 5.75. The van der Waals surface area contributed by atoms with Crippen molar-refractivity contribution in [1.29, 1.82) is 0 Å². The number of hydrogen-bond acceptors (Lipinski definition) is 6. The molecule has 2 heterocycles. The maximum absolute atomic E-state index is 11.8. The summed E-state index contributed by atoms with van der Waals surface area (Å²) in [6, 6.07) is 0. The number of carboxylic acid groups (broad SMARTS) is 1. The highest BCUT2D eigenvalue weighted by Gasteiger charge is 2.42. The van der Waals surface area contributed by atoms with E-state index in [1.807, 2.05) is 0 Å². The minimum Gasteiger partial charge on any atom is -0.481 e. The zero-order valence-corrected chi connectivity index (χ0v) is 12.7. The van der Waals surface area contributed by atoms with Crippen molar-refractivity contribution >= 4 is 5.97 Å². The van der Waals surface area contributed by atoms with Crippen molar-refractivity contribution in [2.24, 2.45) is 5.41 Å². The van der Waals surface area contributed by atoms with Crippen LogP contribution in [0, 0.1) is 12.3 Å². The van der Waals surface area contributed by atoms with E-state index in [1.54, 1.807) is 14.0 Å². The summed E-state index contributed by atoms with van der Waals surface area (Å²) in [5.41, 5.74) is -0.689. The van der Waals surface area contributed by atoms with Gasteiger partial charge in [0.25, 0.3) is 0 Å². The van der Waals surface area contributed by atoms with Crippen molar-refractivity contribution in [3.63, 3.8) is 0 Å². The lowest BCUT2D eigenvalue weighted by molar-refractivity contribution is -0.153. The van der Waals surface area contributed by atoms with Crippen LogP contribution in [0.5, 0.6) is 0 Å². The average molecular weight is 297 g/mol. The molecule has 1 atom stereocenters. The smallest absolute Gasteiger partial charge is 0.310 e. The van der Waals surface area contributed by atoms with Gasteiger partial charge in [0.05, 0.1) is 12.0 Å². The molecule has 2 rings (SSSR count). The molecule has 1 aromatic rings. The Labute approximate surface area is 124 Å². The van der Waals surface area contributed by atoms with Crippen molar-refractivity contribution < 1.29 is 19.1 Å². The fourth-order valence-electron chi connectivity index (χ4n) is 3.00. The molecule has 0 saturated carbocycles. The van der Waals surface area contributed by atoms with Crippen molar-refractivity contribution in [2.45, 2.75) is 39.2 Å². The highest BCUT2D eigenvalue weighted by atomic mass is 16.5. The van der Waals surface area contributed by atoms with Crippen LogP contribution in [-0.4, -0.2) is 53.0 Å². The lowest BCUT2D eigenvalue weighted by Crippen LogP contribution is -2.47. The maximum atomic E-state index is 11.8. The maximum Gasteiger partial charge on any atom is 0.310 e. The predicted molar refractivity (Wildman–Crippen MR) is 74.7 cm³/mol. The fourth-order valence-corrected chi connectivity index (χ4v) is 3.00. The summed E-state index contributed by atoms with van der Waals surface area (Å²) >= 11 is 0. The van der Waals surface area contributed by atoms with E-state index in [0.29, 0.717) is 44.3 Å². The van der Waals surface area contributed by atoms with E-state index in [1.165, 1.54) is 0 Å². The number of rotatable bonds is 7. The van der Waals surface area contributed by atoms with Gasteiger partial charge in [0, 0.05) is 27.2 Å². The number of aryl methyl sites for hydroxylation is 1. The van der Waals surface area contributed by atoms with Crippen LogP contribution in [0.1, 0.15) is 37.5 Å². The molecule has 1 saturated heterocycles. The highest BCUT2D eigenvalue weighted by Crippen LogP contribution is 2.35. The molecule has 1 aromatic heterocycles. The lowest BCUT2D eigenvalue weighted by Gasteiger charge is -2.39. The zero-order chi connectivity index (χ0) is 15.3. The summed E-state index contributed by atoms with van der Waals surface area (Å²) in [5.74, 6) is 0.363. The Morgan fingerprint density at radius 1 is 1.52 bits per heavy atom. The predicted octanol–water partition coefficient (Wildman–Crippen LogP) is 1.47. The molecule has 0 aliphatic carbocycles. The molecule has 0 bridgehead atoms. The summed E-state index contributed by atoms with van der Waals surface area (Å²) in [7, 11) is 1.64. The van der Waals surface area contributed by atoms with E-state index in [4.69, 9.17) is 9.15 Å². The second-order valence-corrected chi connectivity index (χ2v) is 5.71. The molecule has 0 radical (unpaired) electrons. The molecule has 0 aromatic carbocycles. The first-order valence-electron chi connectivity index (χ1n) is 7.29. The van der Waals surface area contributed by atoms with Crippen LogP contribution in [0.15, 0.2) is 4.42 Å². The number of likely N-dealkylation sites (tertiary alicyclic amines) is 1. The Bertz CT molecular complexity index is 477. The average Bonchev–Trinajstić information content (AvgIpc) is 2.84. The van der Waals surface area contributed by atoms with Crippen molar-refractivity contribution in [1.82, 2.24) is 15.1 Å². The SMILES string of the molecule is COCCCC1(C(=O)O)CCCN(Cc2nnc(C)o2)C1. The van der Waals surface area contributed by atoms with Crippen LogP contribution in [0.4, 0.5) is 0 Å². The normalized spacial score (nSPS) is 23.3. The van der Waals surface area contributed by atoms with Gasteiger partial charge in [-0.3, -0.25) is 9.69 Å². The number of methoxy groups -OCH3 is 1. The van der Waals surface area contributed by atoms with Crippen LogP contribution in [0.3, 0.4) is 0 Å². The van der Waals surface area contributed by atoms with Gasteiger partial charge in [0.1, 0.15) is 0 Å². The van der Waals surface area contributed by atoms with Gasteiger partial charge in [-0.15, -0.1) is 10.2 Å². The molecule has 7 nitrogen and oxygen atoms in total. The number of aliphatic carboxylic acids is 1. The van der Waals surface area contributed by atoms with E-state index in [9.17, 15) is 9.90 Å². The second kappa shape index (κ2) is 7.00. The Kier molecular flexibility index (Phi) is 5.30. The second-order valence-electron chi connectivity index (χ2n) is 5.71. The standard InChI is InChI=1S/C14H23N3O4/c1-11-15-16-12(21-11)9-17-7-3-5-14(10-17,13(18)19)6-4-8-20-2/h3-10H2,1-2H3,(H,18,19). The quantitative estimate of drug-likeness (QED) is 0.762. The third-order valence-corrected chi connectivity index (χ3v) is 4.04. The van der Waals surface area contributed by atoms with Gasteiger partial charge in [-0.1, -0.05) is 0 Å². The number of carboxylic acids is 1. The number of hydrogen-bond donors (Lipinski definition) is 1. The summed E-state index contributed by atoms with van der Waals surface area (Å²) < 4.78 is 10.4. The Hall–Kier alpha value is -1.47. The fraction of sp³-hybridized carbons (Fsp3) is 0.786. The summed E-state index contributed by atoms with van der Waals surface area (Å²) in [6.07, 6.45) is 2.98. The minimum absolute atomic E-state index is 0.514. The molecule has 21 heavy (non-hydrogen) atoms. The first-order valence-corrected chi connectivity index (χ1v) is 7.29. The van der Waals surface area contributed by atoms with Gasteiger partial charge in [-0.25, -0.2) is 0 Å². The lowest BCUT2D eigenvalue weighted by atomic mass is 9.76. The zero-order valence-electron chi connectivity index (χ0n) is 12.7. The summed E-state index contributed by atoms with van der Waals surface area (Å²) in [6.45, 7) is 4.24. The summed E-state index contributed by atoms with van der Waals surface area (Å²) in [4.78, 5) is 13.8. The molecule has 1 fully saturated rings. The Balaban J connectivity index is 2.00. The van der Waals surface area contributed by atoms with Crippen LogP contribution in [-0.2, 0) is 16.1 Å². The first kappa shape index (κ1) is 15.9. The molecule has 1 aliphatic heterocycles. The van der Waals surface area contributed by atoms with Crippen molar-refractivity contribution in [3.05, 3.63) is 11.8 Å². The van der Waals surface area contributed by atoms with Crippen LogP contribution in [0.25, 0.3) is 0 Å². The minimum atomic E-state index is -0.718. The third-order valence-electron chi connectivity index (χ3n) is 4.04. The number of piperidine rings is 1.